The van der Waals surface area contributed by atoms with E-state index in [-0.39, 0.29) is 17.5 Å². The van der Waals surface area contributed by atoms with Gasteiger partial charge in [0.1, 0.15) is 0 Å². The van der Waals surface area contributed by atoms with Gasteiger partial charge in [-0.05, 0) is 6.92 Å². The first-order valence-corrected chi connectivity index (χ1v) is 4.68. The van der Waals surface area contributed by atoms with Gasteiger partial charge in [-0.3, -0.25) is 0 Å². The predicted octanol–water partition coefficient (Wildman–Crippen LogP) is 0.730. The van der Waals surface area contributed by atoms with Crippen LogP contribution in [0.3, 0.4) is 0 Å². The van der Waals surface area contributed by atoms with Crippen molar-refractivity contribution in [3.63, 3.8) is 0 Å². The van der Waals surface area contributed by atoms with Crippen LogP contribution in [0.25, 0.3) is 0 Å². The third-order valence-electron chi connectivity index (χ3n) is 2.34. The first kappa shape index (κ1) is 10.3. The number of ether oxygens (including phenoxy) is 1. The number of hydrogen-bond acceptors (Lipinski definition) is 2. The molecule has 4 heteroatoms. The first-order chi connectivity index (χ1) is 6.06. The quantitative estimate of drug-likeness (QED) is 0.668. The van der Waals surface area contributed by atoms with Crippen LogP contribution in [0.5, 0.6) is 0 Å². The lowest BCUT2D eigenvalue weighted by molar-refractivity contribution is 0.166. The zero-order valence-corrected chi connectivity index (χ0v) is 8.52. The fraction of sp³-hybridized carbons (Fsp3) is 0.889. The lowest BCUT2D eigenvalue weighted by Gasteiger charge is -2.25. The molecule has 1 heterocycles. The largest absolute Gasteiger partial charge is 0.379 e. The summed E-state index contributed by atoms with van der Waals surface area (Å²) in [4.78, 5) is 11.2. The van der Waals surface area contributed by atoms with Gasteiger partial charge in [-0.1, -0.05) is 13.8 Å². The van der Waals surface area contributed by atoms with Crippen molar-refractivity contribution in [2.75, 3.05) is 19.8 Å². The Morgan fingerprint density at radius 1 is 1.62 bits per heavy atom. The van der Waals surface area contributed by atoms with Gasteiger partial charge in [0.25, 0.3) is 0 Å². The van der Waals surface area contributed by atoms with Crippen LogP contribution in [-0.4, -0.2) is 31.8 Å². The van der Waals surface area contributed by atoms with Gasteiger partial charge in [0.05, 0.1) is 19.3 Å². The minimum atomic E-state index is -0.105. The summed E-state index contributed by atoms with van der Waals surface area (Å²) in [5.74, 6) is 0. The smallest absolute Gasteiger partial charge is 0.315 e. The van der Waals surface area contributed by atoms with Gasteiger partial charge in [0.15, 0.2) is 0 Å². The fourth-order valence-electron chi connectivity index (χ4n) is 1.37. The molecule has 1 unspecified atom stereocenters. The summed E-state index contributed by atoms with van der Waals surface area (Å²) in [6.45, 7) is 8.07. The lowest BCUT2D eigenvalue weighted by atomic mass is 9.88. The van der Waals surface area contributed by atoms with Gasteiger partial charge in [-0.15, -0.1) is 0 Å². The molecule has 2 amide bonds. The zero-order chi connectivity index (χ0) is 9.90. The minimum absolute atomic E-state index is 0.0467. The van der Waals surface area contributed by atoms with E-state index in [4.69, 9.17) is 4.74 Å². The van der Waals surface area contributed by atoms with Crippen molar-refractivity contribution in [1.29, 1.82) is 0 Å². The van der Waals surface area contributed by atoms with E-state index < -0.39 is 0 Å². The molecule has 0 aromatic carbocycles. The van der Waals surface area contributed by atoms with Gasteiger partial charge in [0.2, 0.25) is 0 Å². The molecule has 2 N–H and O–H groups in total. The predicted molar refractivity (Wildman–Crippen MR) is 50.6 cm³/mol. The molecule has 1 aliphatic rings. The molecule has 0 aromatic rings. The molecule has 0 saturated carbocycles. The number of urea groups is 1. The van der Waals surface area contributed by atoms with Crippen molar-refractivity contribution in [3.05, 3.63) is 0 Å². The molecule has 1 rings (SSSR count). The summed E-state index contributed by atoms with van der Waals surface area (Å²) in [7, 11) is 0. The number of hydrogen-bond donors (Lipinski definition) is 2. The fourth-order valence-corrected chi connectivity index (χ4v) is 1.37. The monoisotopic (exact) mass is 186 g/mol. The van der Waals surface area contributed by atoms with E-state index in [2.05, 4.69) is 24.5 Å². The third kappa shape index (κ3) is 2.59. The molecule has 0 aliphatic carbocycles. The zero-order valence-electron chi connectivity index (χ0n) is 8.52. The maximum Gasteiger partial charge on any atom is 0.315 e. The molecule has 1 fully saturated rings. The van der Waals surface area contributed by atoms with Gasteiger partial charge in [0, 0.05) is 12.0 Å². The van der Waals surface area contributed by atoms with Crippen molar-refractivity contribution in [2.45, 2.75) is 26.8 Å². The number of rotatable bonds is 2. The Morgan fingerprint density at radius 2 is 2.31 bits per heavy atom. The first-order valence-electron chi connectivity index (χ1n) is 4.68. The van der Waals surface area contributed by atoms with Gasteiger partial charge in [-0.2, -0.15) is 0 Å². The highest BCUT2D eigenvalue weighted by Gasteiger charge is 2.36. The SMILES string of the molecule is CCNC(=O)NC1COCC1(C)C. The van der Waals surface area contributed by atoms with Crippen LogP contribution in [-0.2, 0) is 4.74 Å². The Hall–Kier alpha value is -0.770. The van der Waals surface area contributed by atoms with Crippen LogP contribution in [0.2, 0.25) is 0 Å². The van der Waals surface area contributed by atoms with E-state index >= 15 is 0 Å². The van der Waals surface area contributed by atoms with Crippen LogP contribution in [0.4, 0.5) is 4.79 Å². The van der Waals surface area contributed by atoms with E-state index in [0.29, 0.717) is 19.8 Å². The molecule has 4 nitrogen and oxygen atoms in total. The van der Waals surface area contributed by atoms with Crippen LogP contribution in [0, 0.1) is 5.41 Å². The summed E-state index contributed by atoms with van der Waals surface area (Å²) in [6.07, 6.45) is 0. The highest BCUT2D eigenvalue weighted by Crippen LogP contribution is 2.26. The van der Waals surface area contributed by atoms with E-state index in [9.17, 15) is 4.79 Å². The molecular weight excluding hydrogens is 168 g/mol. The van der Waals surface area contributed by atoms with Crippen molar-refractivity contribution in [1.82, 2.24) is 10.6 Å². The highest BCUT2D eigenvalue weighted by molar-refractivity contribution is 5.74. The van der Waals surface area contributed by atoms with Crippen molar-refractivity contribution in [2.24, 2.45) is 5.41 Å². The van der Waals surface area contributed by atoms with Gasteiger partial charge in [-0.25, -0.2) is 4.79 Å². The van der Waals surface area contributed by atoms with Crippen molar-refractivity contribution in [3.8, 4) is 0 Å². The average Bonchev–Trinajstić information content (AvgIpc) is 2.31. The number of carbonyl (C=O) groups excluding carboxylic acids is 1. The molecule has 0 aromatic heterocycles. The van der Waals surface area contributed by atoms with Crippen LogP contribution < -0.4 is 10.6 Å². The normalized spacial score (nSPS) is 25.6. The summed E-state index contributed by atoms with van der Waals surface area (Å²) in [5.41, 5.74) is 0.0467. The van der Waals surface area contributed by atoms with Gasteiger partial charge < -0.3 is 15.4 Å². The van der Waals surface area contributed by atoms with Crippen molar-refractivity contribution < 1.29 is 9.53 Å². The van der Waals surface area contributed by atoms with E-state index in [0.717, 1.165) is 0 Å². The maximum atomic E-state index is 11.2. The standard InChI is InChI=1S/C9H18N2O2/c1-4-10-8(12)11-7-5-13-6-9(7,2)3/h7H,4-6H2,1-3H3,(H2,10,11,12). The van der Waals surface area contributed by atoms with Gasteiger partial charge >= 0.3 is 6.03 Å². The molecule has 1 saturated heterocycles. The Bertz CT molecular complexity index is 192. The third-order valence-corrected chi connectivity index (χ3v) is 2.34. The average molecular weight is 186 g/mol. The second-order valence-corrected chi connectivity index (χ2v) is 4.06. The molecule has 0 bridgehead atoms. The Balaban J connectivity index is 2.40. The molecule has 0 radical (unpaired) electrons. The minimum Gasteiger partial charge on any atom is -0.379 e. The van der Waals surface area contributed by atoms with Crippen LogP contribution >= 0.6 is 0 Å². The molecule has 13 heavy (non-hydrogen) atoms. The Labute approximate surface area is 79.0 Å². The van der Waals surface area contributed by atoms with Crippen LogP contribution in [0.1, 0.15) is 20.8 Å². The number of carbonyl (C=O) groups is 1. The number of amides is 2. The second kappa shape index (κ2) is 3.96. The molecular formula is C9H18N2O2. The van der Waals surface area contributed by atoms with Crippen LogP contribution in [0.15, 0.2) is 0 Å². The topological polar surface area (TPSA) is 50.4 Å². The molecule has 76 valence electrons. The highest BCUT2D eigenvalue weighted by atomic mass is 16.5. The molecule has 1 aliphatic heterocycles. The van der Waals surface area contributed by atoms with Crippen molar-refractivity contribution >= 4 is 6.03 Å². The van der Waals surface area contributed by atoms with E-state index in [1.54, 1.807) is 0 Å². The summed E-state index contributed by atoms with van der Waals surface area (Å²) in [6, 6.07) is 0.0186. The summed E-state index contributed by atoms with van der Waals surface area (Å²) >= 11 is 0. The van der Waals surface area contributed by atoms with E-state index in [1.165, 1.54) is 0 Å². The summed E-state index contributed by atoms with van der Waals surface area (Å²) < 4.78 is 5.31. The number of nitrogens with one attached hydrogen (secondary N) is 2. The Kier molecular flexibility index (Phi) is 3.14. The summed E-state index contributed by atoms with van der Waals surface area (Å²) in [5, 5.41) is 5.60. The Morgan fingerprint density at radius 3 is 2.77 bits per heavy atom. The molecule has 0 spiro atoms. The lowest BCUT2D eigenvalue weighted by Crippen LogP contribution is -2.48. The maximum absolute atomic E-state index is 11.2. The molecule has 1 atom stereocenters. The second-order valence-electron chi connectivity index (χ2n) is 4.06. The van der Waals surface area contributed by atoms with E-state index in [1.807, 2.05) is 6.92 Å².